The van der Waals surface area contributed by atoms with E-state index >= 15 is 0 Å². The van der Waals surface area contributed by atoms with E-state index in [-0.39, 0.29) is 5.84 Å². The molecule has 0 amide bonds. The predicted molar refractivity (Wildman–Crippen MR) is 76.7 cm³/mol. The first kappa shape index (κ1) is 12.4. The Kier molecular flexibility index (Phi) is 3.38. The van der Waals surface area contributed by atoms with E-state index in [0.717, 1.165) is 25.5 Å². The fourth-order valence-electron chi connectivity index (χ4n) is 3.10. The molecule has 102 valence electrons. The quantitative estimate of drug-likeness (QED) is 0.615. The third-order valence-electron chi connectivity index (χ3n) is 4.22. The molecule has 1 aromatic rings. The normalized spacial score (nSPS) is 24.0. The number of nitrogens with one attached hydrogen (secondary N) is 1. The van der Waals surface area contributed by atoms with Crippen molar-refractivity contribution in [2.45, 2.75) is 25.3 Å². The fourth-order valence-corrected chi connectivity index (χ4v) is 3.10. The third kappa shape index (κ3) is 2.56. The van der Waals surface area contributed by atoms with Gasteiger partial charge in [-0.25, -0.2) is 4.98 Å². The maximum Gasteiger partial charge on any atom is 0.128 e. The number of hydrogen-bond acceptors (Lipinski definition) is 4. The van der Waals surface area contributed by atoms with E-state index in [2.05, 4.69) is 14.8 Å². The van der Waals surface area contributed by atoms with Crippen molar-refractivity contribution in [2.75, 3.05) is 31.1 Å². The highest BCUT2D eigenvalue weighted by molar-refractivity contribution is 5.94. The molecule has 1 aromatic heterocycles. The summed E-state index contributed by atoms with van der Waals surface area (Å²) in [6.07, 6.45) is 5.71. The summed E-state index contributed by atoms with van der Waals surface area (Å²) in [6.45, 7) is 4.52. The van der Waals surface area contributed by atoms with E-state index < -0.39 is 0 Å². The first-order chi connectivity index (χ1) is 9.24. The summed E-state index contributed by atoms with van der Waals surface area (Å²) in [4.78, 5) is 9.42. The van der Waals surface area contributed by atoms with Crippen LogP contribution in [-0.2, 0) is 0 Å². The van der Waals surface area contributed by atoms with E-state index in [1.54, 1.807) is 6.20 Å². The molecule has 0 aromatic carbocycles. The Morgan fingerprint density at radius 2 is 2.16 bits per heavy atom. The molecule has 2 fully saturated rings. The van der Waals surface area contributed by atoms with Gasteiger partial charge < -0.3 is 10.6 Å². The van der Waals surface area contributed by atoms with Crippen molar-refractivity contribution in [1.29, 1.82) is 5.41 Å². The Morgan fingerprint density at radius 1 is 1.26 bits per heavy atom. The van der Waals surface area contributed by atoms with Crippen LogP contribution in [0.5, 0.6) is 0 Å². The van der Waals surface area contributed by atoms with Crippen LogP contribution >= 0.6 is 0 Å². The molecule has 3 heterocycles. The van der Waals surface area contributed by atoms with E-state index in [9.17, 15) is 0 Å². The molecule has 2 aliphatic heterocycles. The minimum Gasteiger partial charge on any atom is -0.384 e. The van der Waals surface area contributed by atoms with Gasteiger partial charge in [0.05, 0.1) is 0 Å². The SMILES string of the molecule is N=C(N)c1ccc(N2CCN3CCCCC3C2)nc1. The average Bonchev–Trinajstić information content (AvgIpc) is 2.47. The van der Waals surface area contributed by atoms with Crippen LogP contribution in [0.2, 0.25) is 0 Å². The number of rotatable bonds is 2. The zero-order valence-corrected chi connectivity index (χ0v) is 11.2. The molecule has 2 aliphatic rings. The molecule has 1 atom stereocenters. The monoisotopic (exact) mass is 259 g/mol. The van der Waals surface area contributed by atoms with Crippen molar-refractivity contribution in [3.8, 4) is 0 Å². The lowest BCUT2D eigenvalue weighted by Crippen LogP contribution is -2.55. The molecule has 0 spiro atoms. The maximum absolute atomic E-state index is 7.39. The van der Waals surface area contributed by atoms with Crippen LogP contribution in [0.1, 0.15) is 24.8 Å². The molecule has 5 heteroatoms. The fraction of sp³-hybridized carbons (Fsp3) is 0.571. The summed E-state index contributed by atoms with van der Waals surface area (Å²) in [5.41, 5.74) is 6.15. The molecule has 2 saturated heterocycles. The van der Waals surface area contributed by atoms with Crippen LogP contribution < -0.4 is 10.6 Å². The summed E-state index contributed by atoms with van der Waals surface area (Å²) >= 11 is 0. The highest BCUT2D eigenvalue weighted by Gasteiger charge is 2.29. The smallest absolute Gasteiger partial charge is 0.128 e. The lowest BCUT2D eigenvalue weighted by Gasteiger charge is -2.44. The lowest BCUT2D eigenvalue weighted by molar-refractivity contribution is 0.133. The Balaban J connectivity index is 1.70. The number of pyridine rings is 1. The summed E-state index contributed by atoms with van der Waals surface area (Å²) < 4.78 is 0. The van der Waals surface area contributed by atoms with Crippen molar-refractivity contribution >= 4 is 11.7 Å². The van der Waals surface area contributed by atoms with Gasteiger partial charge in [-0.2, -0.15) is 0 Å². The molecule has 0 aliphatic carbocycles. The van der Waals surface area contributed by atoms with Crippen molar-refractivity contribution < 1.29 is 0 Å². The molecule has 1 unspecified atom stereocenters. The van der Waals surface area contributed by atoms with Crippen molar-refractivity contribution in [1.82, 2.24) is 9.88 Å². The first-order valence-corrected chi connectivity index (χ1v) is 7.03. The Bertz CT molecular complexity index is 455. The molecule has 19 heavy (non-hydrogen) atoms. The standard InChI is InChI=1S/C14H21N5/c15-14(16)11-4-5-13(17-9-11)19-8-7-18-6-2-1-3-12(18)10-19/h4-5,9,12H,1-3,6-8,10H2,(H3,15,16). The van der Waals surface area contributed by atoms with Gasteiger partial charge in [-0.15, -0.1) is 0 Å². The lowest BCUT2D eigenvalue weighted by atomic mass is 9.99. The second-order valence-corrected chi connectivity index (χ2v) is 5.45. The zero-order valence-electron chi connectivity index (χ0n) is 11.2. The van der Waals surface area contributed by atoms with Gasteiger partial charge in [0.25, 0.3) is 0 Å². The zero-order chi connectivity index (χ0) is 13.2. The average molecular weight is 259 g/mol. The number of hydrogen-bond donors (Lipinski definition) is 2. The van der Waals surface area contributed by atoms with E-state index in [4.69, 9.17) is 11.1 Å². The second kappa shape index (κ2) is 5.17. The van der Waals surface area contributed by atoms with Crippen molar-refractivity contribution in [2.24, 2.45) is 5.73 Å². The topological polar surface area (TPSA) is 69.2 Å². The van der Waals surface area contributed by atoms with Gasteiger partial charge >= 0.3 is 0 Å². The minimum atomic E-state index is 0.0798. The van der Waals surface area contributed by atoms with Gasteiger partial charge in [-0.05, 0) is 31.5 Å². The number of nitrogens with zero attached hydrogens (tertiary/aromatic N) is 3. The summed E-state index contributed by atoms with van der Waals surface area (Å²) in [7, 11) is 0. The van der Waals surface area contributed by atoms with Crippen LogP contribution in [0, 0.1) is 5.41 Å². The Labute approximate surface area is 113 Å². The van der Waals surface area contributed by atoms with E-state index in [1.165, 1.54) is 25.8 Å². The first-order valence-electron chi connectivity index (χ1n) is 7.03. The van der Waals surface area contributed by atoms with Crippen LogP contribution in [0.3, 0.4) is 0 Å². The predicted octanol–water partition coefficient (Wildman–Crippen LogP) is 1.04. The summed E-state index contributed by atoms with van der Waals surface area (Å²) in [5, 5.41) is 7.39. The highest BCUT2D eigenvalue weighted by Crippen LogP contribution is 2.23. The van der Waals surface area contributed by atoms with Gasteiger partial charge in [0.2, 0.25) is 0 Å². The van der Waals surface area contributed by atoms with Crippen LogP contribution in [-0.4, -0.2) is 47.9 Å². The van der Waals surface area contributed by atoms with Gasteiger partial charge in [0, 0.05) is 37.4 Å². The van der Waals surface area contributed by atoms with Crippen molar-refractivity contribution in [3.05, 3.63) is 23.9 Å². The van der Waals surface area contributed by atoms with Gasteiger partial charge in [0.15, 0.2) is 0 Å². The number of nitrogens with two attached hydrogens (primary N) is 1. The Morgan fingerprint density at radius 3 is 2.89 bits per heavy atom. The number of fused-ring (bicyclic) bond motifs is 1. The van der Waals surface area contributed by atoms with Crippen molar-refractivity contribution in [3.63, 3.8) is 0 Å². The molecule has 5 nitrogen and oxygen atoms in total. The van der Waals surface area contributed by atoms with Crippen LogP contribution in [0.4, 0.5) is 5.82 Å². The van der Waals surface area contributed by atoms with Crippen LogP contribution in [0.15, 0.2) is 18.3 Å². The summed E-state index contributed by atoms with van der Waals surface area (Å²) in [5.74, 6) is 1.09. The van der Waals surface area contributed by atoms with Crippen LogP contribution in [0.25, 0.3) is 0 Å². The molecule has 0 saturated carbocycles. The number of piperazine rings is 1. The van der Waals surface area contributed by atoms with Gasteiger partial charge in [-0.3, -0.25) is 10.3 Å². The molecular formula is C14H21N5. The minimum absolute atomic E-state index is 0.0798. The molecule has 0 bridgehead atoms. The molecule has 0 radical (unpaired) electrons. The maximum atomic E-state index is 7.39. The third-order valence-corrected chi connectivity index (χ3v) is 4.22. The van der Waals surface area contributed by atoms with Gasteiger partial charge in [-0.1, -0.05) is 6.42 Å². The Hall–Kier alpha value is -1.62. The summed E-state index contributed by atoms with van der Waals surface area (Å²) in [6, 6.07) is 4.56. The number of amidine groups is 1. The van der Waals surface area contributed by atoms with Gasteiger partial charge in [0.1, 0.15) is 11.7 Å². The number of piperidine rings is 1. The molecular weight excluding hydrogens is 238 g/mol. The number of aromatic nitrogens is 1. The van der Waals surface area contributed by atoms with E-state index in [1.807, 2.05) is 12.1 Å². The van der Waals surface area contributed by atoms with E-state index in [0.29, 0.717) is 11.6 Å². The highest BCUT2D eigenvalue weighted by atomic mass is 15.3. The molecule has 3 rings (SSSR count). The second-order valence-electron chi connectivity index (χ2n) is 5.45. The molecule has 3 N–H and O–H groups in total. The number of nitrogen functional groups attached to an aromatic ring is 1. The largest absolute Gasteiger partial charge is 0.384 e. The number of anilines is 1.